The van der Waals surface area contributed by atoms with Crippen LogP contribution in [-0.4, -0.2) is 0 Å². The van der Waals surface area contributed by atoms with Gasteiger partial charge in [0.05, 0.1) is 0 Å². The van der Waals surface area contributed by atoms with Gasteiger partial charge in [-0.25, -0.2) is 0 Å². The van der Waals surface area contributed by atoms with Gasteiger partial charge in [-0.3, -0.25) is 0 Å². The molecule has 0 spiro atoms. The normalized spacial score (nSPS) is 16.0. The predicted octanol–water partition coefficient (Wildman–Crippen LogP) is 3.12. The Kier molecular flexibility index (Phi) is 5.24. The van der Waals surface area contributed by atoms with Crippen molar-refractivity contribution in [3.8, 4) is 0 Å². The summed E-state index contributed by atoms with van der Waals surface area (Å²) in [7, 11) is 0. The Bertz CT molecular complexity index is 175. The van der Waals surface area contributed by atoms with Crippen LogP contribution in [0.4, 0.5) is 0 Å². The maximum Gasteiger partial charge on any atom is 0.00890 e. The van der Waals surface area contributed by atoms with Gasteiger partial charge in [-0.05, 0) is 12.3 Å². The van der Waals surface area contributed by atoms with Crippen molar-refractivity contribution in [1.29, 1.82) is 0 Å². The second-order valence-electron chi connectivity index (χ2n) is 3.06. The number of rotatable bonds is 2. The van der Waals surface area contributed by atoms with Crippen LogP contribution in [0.3, 0.4) is 0 Å². The molecule has 0 heterocycles. The van der Waals surface area contributed by atoms with Crippen LogP contribution < -0.4 is 0 Å². The molecular weight excluding hydrogens is 299 g/mol. The van der Waals surface area contributed by atoms with E-state index in [1.165, 1.54) is 11.1 Å². The Morgan fingerprint density at radius 2 is 2.00 bits per heavy atom. The van der Waals surface area contributed by atoms with E-state index in [0.29, 0.717) is 5.92 Å². The van der Waals surface area contributed by atoms with Crippen LogP contribution >= 0.6 is 0 Å². The molecule has 0 aromatic carbocycles. The van der Waals surface area contributed by atoms with Crippen molar-refractivity contribution >= 4 is 0 Å². The van der Waals surface area contributed by atoms with Gasteiger partial charge in [0.1, 0.15) is 0 Å². The Balaban J connectivity index is 0.000001000. The average Bonchev–Trinajstić information content (AvgIpc) is 2.34. The minimum Gasteiger partial charge on any atom is -0.0732 e. The first-order valence-electron chi connectivity index (χ1n) is 3.99. The maximum absolute atomic E-state index is 2.30. The van der Waals surface area contributed by atoms with Gasteiger partial charge in [0.2, 0.25) is 0 Å². The summed E-state index contributed by atoms with van der Waals surface area (Å²) in [6, 6.07) is 0. The minimum absolute atomic E-state index is 0. The van der Waals surface area contributed by atoms with E-state index < -0.39 is 0 Å². The molecular formula is C10H15Hf. The Labute approximate surface area is 88.5 Å². The van der Waals surface area contributed by atoms with Crippen LogP contribution in [-0.2, 0) is 25.8 Å². The van der Waals surface area contributed by atoms with Crippen LogP contribution in [0.15, 0.2) is 23.3 Å². The van der Waals surface area contributed by atoms with Crippen LogP contribution in [0.1, 0.15) is 27.2 Å². The molecule has 0 bridgehead atoms. The summed E-state index contributed by atoms with van der Waals surface area (Å²) in [5.74, 6) is 0.681. The van der Waals surface area contributed by atoms with E-state index in [1.807, 2.05) is 0 Å². The summed E-state index contributed by atoms with van der Waals surface area (Å²) in [6.45, 7) is 6.66. The van der Waals surface area contributed by atoms with Crippen molar-refractivity contribution in [3.63, 3.8) is 0 Å². The first kappa shape index (κ1) is 11.4. The molecule has 11 heavy (non-hydrogen) atoms. The first-order chi connectivity index (χ1) is 4.74. The zero-order valence-corrected chi connectivity index (χ0v) is 11.1. The predicted molar refractivity (Wildman–Crippen MR) is 45.6 cm³/mol. The summed E-state index contributed by atoms with van der Waals surface area (Å²) in [6.07, 6.45) is 7.90. The third-order valence-electron chi connectivity index (χ3n) is 1.92. The van der Waals surface area contributed by atoms with Gasteiger partial charge in [0, 0.05) is 32.3 Å². The number of hydrogen-bond donors (Lipinski definition) is 0. The van der Waals surface area contributed by atoms with Crippen LogP contribution in [0.5, 0.6) is 0 Å². The fraction of sp³-hybridized carbons (Fsp3) is 0.500. The Morgan fingerprint density at radius 3 is 2.27 bits per heavy atom. The van der Waals surface area contributed by atoms with E-state index >= 15 is 0 Å². The molecule has 0 aliphatic heterocycles. The molecule has 1 aliphatic carbocycles. The molecule has 0 fully saturated rings. The number of hydrogen-bond acceptors (Lipinski definition) is 0. The zero-order valence-electron chi connectivity index (χ0n) is 7.52. The third-order valence-corrected chi connectivity index (χ3v) is 1.92. The van der Waals surface area contributed by atoms with Crippen molar-refractivity contribution < 1.29 is 25.8 Å². The SMILES string of the molecule is CCC1=C[CH]C(C(C)C)=C1.[Hf]. The molecule has 0 saturated carbocycles. The van der Waals surface area contributed by atoms with Crippen LogP contribution in [0.25, 0.3) is 0 Å². The van der Waals surface area contributed by atoms with Gasteiger partial charge in [-0.1, -0.05) is 44.1 Å². The van der Waals surface area contributed by atoms with E-state index in [4.69, 9.17) is 0 Å². The number of allylic oxidation sites excluding steroid dienone is 4. The molecule has 0 unspecified atom stereocenters. The van der Waals surface area contributed by atoms with Gasteiger partial charge in [-0.2, -0.15) is 0 Å². The third kappa shape index (κ3) is 3.06. The molecule has 1 radical (unpaired) electrons. The quantitative estimate of drug-likeness (QED) is 0.687. The summed E-state index contributed by atoms with van der Waals surface area (Å²) < 4.78 is 0. The van der Waals surface area contributed by atoms with Crippen LogP contribution in [0.2, 0.25) is 0 Å². The van der Waals surface area contributed by atoms with Gasteiger partial charge in [-0.15, -0.1) is 0 Å². The van der Waals surface area contributed by atoms with Crippen molar-refractivity contribution in [2.75, 3.05) is 0 Å². The Morgan fingerprint density at radius 1 is 1.36 bits per heavy atom. The molecule has 1 rings (SSSR count). The zero-order chi connectivity index (χ0) is 7.56. The molecule has 0 N–H and O–H groups in total. The monoisotopic (exact) mass is 315 g/mol. The molecule has 0 amide bonds. The summed E-state index contributed by atoms with van der Waals surface area (Å²) >= 11 is 0. The van der Waals surface area contributed by atoms with E-state index in [9.17, 15) is 0 Å². The average molecular weight is 314 g/mol. The molecule has 0 aromatic heterocycles. The summed E-state index contributed by atoms with van der Waals surface area (Å²) in [5.41, 5.74) is 2.93. The van der Waals surface area contributed by atoms with Gasteiger partial charge in [0.15, 0.2) is 0 Å². The molecule has 1 aliphatic rings. The van der Waals surface area contributed by atoms with E-state index in [0.717, 1.165) is 6.42 Å². The molecule has 0 saturated heterocycles. The largest absolute Gasteiger partial charge is 0.0732 e. The fourth-order valence-corrected chi connectivity index (χ4v) is 1.09. The van der Waals surface area contributed by atoms with Gasteiger partial charge in [0.25, 0.3) is 0 Å². The molecule has 0 atom stereocenters. The molecule has 59 valence electrons. The second-order valence-corrected chi connectivity index (χ2v) is 3.06. The second kappa shape index (κ2) is 5.08. The van der Waals surface area contributed by atoms with E-state index in [2.05, 4.69) is 39.3 Å². The molecule has 1 heteroatoms. The van der Waals surface area contributed by atoms with Gasteiger partial charge >= 0.3 is 0 Å². The maximum atomic E-state index is 2.30. The van der Waals surface area contributed by atoms with Crippen LogP contribution in [0, 0.1) is 12.3 Å². The molecule has 0 nitrogen and oxygen atoms in total. The van der Waals surface area contributed by atoms with E-state index in [-0.39, 0.29) is 25.8 Å². The topological polar surface area (TPSA) is 0 Å². The first-order valence-corrected chi connectivity index (χ1v) is 3.99. The van der Waals surface area contributed by atoms with Gasteiger partial charge < -0.3 is 0 Å². The van der Waals surface area contributed by atoms with Crippen molar-refractivity contribution in [1.82, 2.24) is 0 Å². The molecule has 0 aromatic rings. The summed E-state index contributed by atoms with van der Waals surface area (Å²) in [5, 5.41) is 0. The standard InChI is InChI=1S/C10H15.Hf/c1-4-9-5-6-10(7-9)8(2)3;/h5-8H,4H2,1-3H3;. The smallest absolute Gasteiger partial charge is 0.00890 e. The minimum atomic E-state index is 0. The van der Waals surface area contributed by atoms with Crippen molar-refractivity contribution in [2.45, 2.75) is 27.2 Å². The fourth-order valence-electron chi connectivity index (χ4n) is 1.09. The summed E-state index contributed by atoms with van der Waals surface area (Å²) in [4.78, 5) is 0. The van der Waals surface area contributed by atoms with E-state index in [1.54, 1.807) is 0 Å². The Hall–Kier alpha value is 0.350. The van der Waals surface area contributed by atoms with Crippen molar-refractivity contribution in [2.24, 2.45) is 5.92 Å². The van der Waals surface area contributed by atoms with Crippen molar-refractivity contribution in [3.05, 3.63) is 29.7 Å².